The second kappa shape index (κ2) is 5.33. The van der Waals surface area contributed by atoms with Crippen LogP contribution in [0, 0.1) is 0 Å². The Morgan fingerprint density at radius 1 is 1.71 bits per heavy atom. The highest BCUT2D eigenvalue weighted by molar-refractivity contribution is 5.88. The number of carboxylic acids is 1. The maximum Gasteiger partial charge on any atom is 0.334 e. The van der Waals surface area contributed by atoms with Crippen molar-refractivity contribution in [3.8, 4) is 0 Å². The van der Waals surface area contributed by atoms with Gasteiger partial charge in [0, 0.05) is 6.61 Å². The molecule has 0 radical (unpaired) electrons. The number of allylic oxidation sites excluding steroid dienone is 1. The molecule has 0 aromatic carbocycles. The average molecular weight is 242 g/mol. The molecule has 0 bridgehead atoms. The minimum absolute atomic E-state index is 0.0494. The first kappa shape index (κ1) is 13.7. The fourth-order valence-corrected chi connectivity index (χ4v) is 1.60. The van der Waals surface area contributed by atoms with Gasteiger partial charge >= 0.3 is 5.97 Å². The number of carboxylic acid groups (broad SMARTS) is 1. The van der Waals surface area contributed by atoms with Gasteiger partial charge in [-0.3, -0.25) is 0 Å². The lowest BCUT2D eigenvalue weighted by Gasteiger charge is -2.25. The number of ether oxygens (including phenoxy) is 2. The van der Waals surface area contributed by atoms with Crippen molar-refractivity contribution in [2.24, 2.45) is 0 Å². The quantitative estimate of drug-likeness (QED) is 0.771. The number of carbonyl (C=O) groups is 1. The summed E-state index contributed by atoms with van der Waals surface area (Å²) in [6.07, 6.45) is 1.95. The summed E-state index contributed by atoms with van der Waals surface area (Å²) in [4.78, 5) is 10.9. The summed E-state index contributed by atoms with van der Waals surface area (Å²) in [5, 5.41) is 18.3. The van der Waals surface area contributed by atoms with Gasteiger partial charge in [-0.1, -0.05) is 0 Å². The summed E-state index contributed by atoms with van der Waals surface area (Å²) in [6, 6.07) is 0. The Labute approximate surface area is 100 Å². The van der Waals surface area contributed by atoms with E-state index >= 15 is 0 Å². The summed E-state index contributed by atoms with van der Waals surface area (Å²) in [5.74, 6) is -0.730. The van der Waals surface area contributed by atoms with Crippen LogP contribution >= 0.6 is 0 Å². The minimum atomic E-state index is -1.14. The monoisotopic (exact) mass is 242 g/mol. The van der Waals surface area contributed by atoms with Crippen LogP contribution in [0.1, 0.15) is 20.8 Å². The van der Waals surface area contributed by atoms with E-state index in [-0.39, 0.29) is 12.2 Å². The molecule has 17 heavy (non-hydrogen) atoms. The van der Waals surface area contributed by atoms with Crippen molar-refractivity contribution < 1.29 is 24.5 Å². The molecule has 0 aromatic rings. The van der Waals surface area contributed by atoms with E-state index in [0.29, 0.717) is 12.4 Å². The van der Waals surface area contributed by atoms with Gasteiger partial charge in [0.25, 0.3) is 0 Å². The van der Waals surface area contributed by atoms with E-state index in [9.17, 15) is 9.90 Å². The van der Waals surface area contributed by atoms with Crippen molar-refractivity contribution >= 4 is 5.97 Å². The topological polar surface area (TPSA) is 76.0 Å². The molecule has 1 aliphatic rings. The first-order valence-corrected chi connectivity index (χ1v) is 5.48. The summed E-state index contributed by atoms with van der Waals surface area (Å²) in [5.41, 5.74) is -0.596. The van der Waals surface area contributed by atoms with Gasteiger partial charge in [0.2, 0.25) is 0 Å². The normalized spacial score (nSPS) is 23.2. The Hall–Kier alpha value is -1.33. The lowest BCUT2D eigenvalue weighted by Crippen LogP contribution is -2.28. The fraction of sp³-hybridized carbons (Fsp3) is 0.583. The van der Waals surface area contributed by atoms with E-state index < -0.39 is 17.7 Å². The zero-order valence-corrected chi connectivity index (χ0v) is 10.3. The maximum atomic E-state index is 10.9. The number of aliphatic hydroxyl groups is 1. The number of hydrogen-bond acceptors (Lipinski definition) is 4. The smallest absolute Gasteiger partial charge is 0.334 e. The first-order valence-electron chi connectivity index (χ1n) is 5.48. The molecule has 5 nitrogen and oxygen atoms in total. The second-order valence-electron chi connectivity index (χ2n) is 4.31. The minimum Gasteiger partial charge on any atom is -0.491 e. The van der Waals surface area contributed by atoms with Crippen LogP contribution in [0.3, 0.4) is 0 Å². The van der Waals surface area contributed by atoms with Crippen LogP contribution in [0.2, 0.25) is 0 Å². The van der Waals surface area contributed by atoms with Gasteiger partial charge in [-0.05, 0) is 32.9 Å². The van der Waals surface area contributed by atoms with Gasteiger partial charge in [-0.2, -0.15) is 0 Å². The predicted molar refractivity (Wildman–Crippen MR) is 61.5 cm³/mol. The molecule has 0 saturated heterocycles. The van der Waals surface area contributed by atoms with Crippen LogP contribution in [-0.4, -0.2) is 41.1 Å². The first-order chi connectivity index (χ1) is 7.85. The highest BCUT2D eigenvalue weighted by atomic mass is 16.5. The molecule has 0 unspecified atom stereocenters. The van der Waals surface area contributed by atoms with Gasteiger partial charge in [-0.25, -0.2) is 4.79 Å². The van der Waals surface area contributed by atoms with Gasteiger partial charge in [0.1, 0.15) is 18.5 Å². The highest BCUT2D eigenvalue weighted by Crippen LogP contribution is 2.21. The van der Waals surface area contributed by atoms with E-state index in [4.69, 9.17) is 14.6 Å². The molecule has 1 heterocycles. The highest BCUT2D eigenvalue weighted by Gasteiger charge is 2.25. The van der Waals surface area contributed by atoms with Crippen molar-refractivity contribution in [3.05, 3.63) is 23.5 Å². The van der Waals surface area contributed by atoms with E-state index in [1.165, 1.54) is 6.08 Å². The zero-order valence-electron chi connectivity index (χ0n) is 10.3. The van der Waals surface area contributed by atoms with Crippen molar-refractivity contribution in [1.29, 1.82) is 0 Å². The second-order valence-corrected chi connectivity index (χ2v) is 4.31. The number of aliphatic hydroxyl groups excluding tert-OH is 1. The van der Waals surface area contributed by atoms with Gasteiger partial charge in [-0.15, -0.1) is 0 Å². The molecule has 96 valence electrons. The van der Waals surface area contributed by atoms with E-state index in [2.05, 4.69) is 0 Å². The predicted octanol–water partition coefficient (Wildman–Crippen LogP) is 1.09. The lowest BCUT2D eigenvalue weighted by molar-refractivity contribution is -0.134. The van der Waals surface area contributed by atoms with E-state index in [1.54, 1.807) is 6.08 Å². The Morgan fingerprint density at radius 3 is 2.88 bits per heavy atom. The average Bonchev–Trinajstić information content (AvgIpc) is 2.20. The van der Waals surface area contributed by atoms with Crippen LogP contribution in [-0.2, 0) is 14.3 Å². The fourth-order valence-electron chi connectivity index (χ4n) is 1.60. The van der Waals surface area contributed by atoms with Crippen LogP contribution in [0.4, 0.5) is 0 Å². The Balaban J connectivity index is 2.93. The largest absolute Gasteiger partial charge is 0.491 e. The lowest BCUT2D eigenvalue weighted by atomic mass is 10.0. The Kier molecular flexibility index (Phi) is 4.31. The standard InChI is InChI=1S/C12H18O5/c1-4-17-12(2,3)6-8-5-9(11(14)15)10(13)7-16-8/h5-6,10,13H,4,7H2,1-3H3,(H,14,15)/b8-6-/t10-/m1/s1. The molecule has 0 spiro atoms. The van der Waals surface area contributed by atoms with Crippen LogP contribution < -0.4 is 0 Å². The molecule has 0 aliphatic carbocycles. The Bertz CT molecular complexity index is 354. The summed E-state index contributed by atoms with van der Waals surface area (Å²) in [7, 11) is 0. The molecule has 5 heteroatoms. The van der Waals surface area contributed by atoms with E-state index in [1.807, 2.05) is 20.8 Å². The maximum absolute atomic E-state index is 10.9. The number of hydrogen-bond donors (Lipinski definition) is 2. The SMILES string of the molecule is CCOC(C)(C)/C=C1/C=C(C(=O)O)[C@H](O)CO1. The Morgan fingerprint density at radius 2 is 2.35 bits per heavy atom. The van der Waals surface area contributed by atoms with E-state index in [0.717, 1.165) is 0 Å². The molecule has 0 saturated carbocycles. The summed E-state index contributed by atoms with van der Waals surface area (Å²) in [6.45, 7) is 6.09. The molecule has 0 fully saturated rings. The number of aliphatic carboxylic acids is 1. The summed E-state index contributed by atoms with van der Waals surface area (Å²) >= 11 is 0. The van der Waals surface area contributed by atoms with Crippen molar-refractivity contribution in [2.45, 2.75) is 32.5 Å². The third kappa shape index (κ3) is 3.87. The van der Waals surface area contributed by atoms with Crippen LogP contribution in [0.5, 0.6) is 0 Å². The molecular weight excluding hydrogens is 224 g/mol. The van der Waals surface area contributed by atoms with Gasteiger partial charge < -0.3 is 19.7 Å². The molecule has 2 N–H and O–H groups in total. The summed E-state index contributed by atoms with van der Waals surface area (Å²) < 4.78 is 10.7. The van der Waals surface area contributed by atoms with Crippen LogP contribution in [0.15, 0.2) is 23.5 Å². The third-order valence-electron chi connectivity index (χ3n) is 2.32. The molecule has 0 amide bonds. The van der Waals surface area contributed by atoms with Gasteiger partial charge in [0.15, 0.2) is 0 Å². The van der Waals surface area contributed by atoms with Gasteiger partial charge in [0.05, 0.1) is 11.2 Å². The van der Waals surface area contributed by atoms with Crippen molar-refractivity contribution in [1.82, 2.24) is 0 Å². The third-order valence-corrected chi connectivity index (χ3v) is 2.32. The number of rotatable bonds is 4. The molecule has 1 rings (SSSR count). The molecule has 0 aromatic heterocycles. The van der Waals surface area contributed by atoms with Crippen molar-refractivity contribution in [2.75, 3.05) is 13.2 Å². The van der Waals surface area contributed by atoms with Crippen LogP contribution in [0.25, 0.3) is 0 Å². The molecular formula is C12H18O5. The molecule has 1 atom stereocenters. The molecule has 1 aliphatic heterocycles. The zero-order chi connectivity index (χ0) is 13.1. The van der Waals surface area contributed by atoms with Crippen molar-refractivity contribution in [3.63, 3.8) is 0 Å².